The van der Waals surface area contributed by atoms with Crippen LogP contribution in [0.3, 0.4) is 0 Å². The molecule has 0 aliphatic heterocycles. The minimum Gasteiger partial charge on any atom is -0.301 e. The Morgan fingerprint density at radius 2 is 0.881 bits per heavy atom. The molecule has 0 bridgehead atoms. The maximum Gasteiger partial charge on any atom is 0.226 e. The Balaban J connectivity index is 1.38. The molecule has 42 heavy (non-hydrogen) atoms. The van der Waals surface area contributed by atoms with E-state index < -0.39 is 0 Å². The van der Waals surface area contributed by atoms with Gasteiger partial charge in [0, 0.05) is 24.3 Å². The number of hydrogen-bond donors (Lipinski definition) is 2. The Kier molecular flexibility index (Phi) is 22.1. The molecule has 0 radical (unpaired) electrons. The molecule has 2 aromatic heterocycles. The number of carbonyl (C=O) groups excluding carboxylic acids is 2. The molecule has 0 aromatic carbocycles. The molecule has 0 saturated carbocycles. The molecular formula is C30H52N6O2S4. The lowest BCUT2D eigenvalue weighted by atomic mass is 10.1. The predicted octanol–water partition coefficient (Wildman–Crippen LogP) is 9.99. The number of aromatic nitrogens is 4. The lowest BCUT2D eigenvalue weighted by molar-refractivity contribution is -0.117. The van der Waals surface area contributed by atoms with Crippen LogP contribution >= 0.6 is 46.2 Å². The number of nitrogens with one attached hydrogen (secondary N) is 2. The van der Waals surface area contributed by atoms with E-state index >= 15 is 0 Å². The molecule has 238 valence electrons. The van der Waals surface area contributed by atoms with Gasteiger partial charge in [-0.25, -0.2) is 0 Å². The van der Waals surface area contributed by atoms with Gasteiger partial charge in [-0.3, -0.25) is 9.59 Å². The minimum atomic E-state index is 0.0500. The van der Waals surface area contributed by atoms with Crippen LogP contribution in [-0.4, -0.2) is 43.7 Å². The molecule has 8 nitrogen and oxygen atoms in total. The van der Waals surface area contributed by atoms with Crippen molar-refractivity contribution in [1.82, 2.24) is 20.4 Å². The van der Waals surface area contributed by atoms with Crippen molar-refractivity contribution in [3.05, 3.63) is 0 Å². The van der Waals surface area contributed by atoms with Crippen LogP contribution in [0.1, 0.15) is 142 Å². The van der Waals surface area contributed by atoms with Gasteiger partial charge < -0.3 is 10.6 Å². The highest BCUT2D eigenvalue weighted by molar-refractivity contribution is 8.01. The van der Waals surface area contributed by atoms with Crippen LogP contribution in [0.5, 0.6) is 0 Å². The Labute approximate surface area is 270 Å². The van der Waals surface area contributed by atoms with Gasteiger partial charge in [-0.1, -0.05) is 150 Å². The topological polar surface area (TPSA) is 110 Å². The lowest BCUT2D eigenvalue weighted by Gasteiger charge is -2.02. The molecule has 0 aliphatic rings. The van der Waals surface area contributed by atoms with Crippen LogP contribution < -0.4 is 10.6 Å². The molecule has 2 heterocycles. The number of thioether (sulfide) groups is 2. The minimum absolute atomic E-state index is 0.0500. The Bertz CT molecular complexity index is 895. The van der Waals surface area contributed by atoms with Crippen molar-refractivity contribution in [3.63, 3.8) is 0 Å². The molecule has 12 heteroatoms. The van der Waals surface area contributed by atoms with Crippen LogP contribution in [0.2, 0.25) is 0 Å². The highest BCUT2D eigenvalue weighted by Crippen LogP contribution is 2.28. The molecule has 0 spiro atoms. The first-order valence-electron chi connectivity index (χ1n) is 16.1. The summed E-state index contributed by atoms with van der Waals surface area (Å²) in [6.45, 7) is 4.39. The second-order valence-electron chi connectivity index (χ2n) is 10.7. The molecule has 0 unspecified atom stereocenters. The maximum absolute atomic E-state index is 12.1. The van der Waals surface area contributed by atoms with Gasteiger partial charge in [-0.2, -0.15) is 0 Å². The Hall–Kier alpha value is -1.24. The fraction of sp³-hybridized carbons (Fsp3) is 0.800. The molecular weight excluding hydrogens is 605 g/mol. The normalized spacial score (nSPS) is 11.2. The van der Waals surface area contributed by atoms with Crippen molar-refractivity contribution in [2.24, 2.45) is 0 Å². The van der Waals surface area contributed by atoms with E-state index in [2.05, 4.69) is 44.9 Å². The first-order chi connectivity index (χ1) is 20.6. The fourth-order valence-electron chi connectivity index (χ4n) is 4.36. The van der Waals surface area contributed by atoms with Crippen molar-refractivity contribution >= 4 is 68.3 Å². The highest BCUT2D eigenvalue weighted by atomic mass is 32.2. The number of unbranched alkanes of at least 4 members (excludes halogenated alkanes) is 15. The molecule has 2 rings (SSSR count). The monoisotopic (exact) mass is 656 g/mol. The third-order valence-corrected chi connectivity index (χ3v) is 10.9. The second-order valence-corrected chi connectivity index (χ2v) is 15.3. The maximum atomic E-state index is 12.1. The number of rotatable bonds is 27. The molecule has 0 atom stereocenters. The zero-order chi connectivity index (χ0) is 30.1. The quantitative estimate of drug-likeness (QED) is 0.0555. The smallest absolute Gasteiger partial charge is 0.226 e. The summed E-state index contributed by atoms with van der Waals surface area (Å²) in [4.78, 5) is 24.1. The zero-order valence-electron chi connectivity index (χ0n) is 25.8. The summed E-state index contributed by atoms with van der Waals surface area (Å²) < 4.78 is 1.88. The number of nitrogens with zero attached hydrogens (tertiary/aromatic N) is 4. The summed E-state index contributed by atoms with van der Waals surface area (Å²) in [7, 11) is 0. The van der Waals surface area contributed by atoms with E-state index in [0.717, 1.165) is 45.9 Å². The Morgan fingerprint density at radius 3 is 1.29 bits per heavy atom. The van der Waals surface area contributed by atoms with Gasteiger partial charge in [-0.05, 0) is 25.7 Å². The summed E-state index contributed by atoms with van der Waals surface area (Å²) in [5, 5.41) is 23.7. The van der Waals surface area contributed by atoms with Crippen LogP contribution in [0.15, 0.2) is 8.68 Å². The van der Waals surface area contributed by atoms with Gasteiger partial charge in [0.1, 0.15) is 0 Å². The first kappa shape index (κ1) is 36.9. The number of amides is 2. The van der Waals surface area contributed by atoms with Gasteiger partial charge >= 0.3 is 0 Å². The fourth-order valence-corrected chi connectivity index (χ4v) is 8.04. The van der Waals surface area contributed by atoms with E-state index in [9.17, 15) is 9.59 Å². The summed E-state index contributed by atoms with van der Waals surface area (Å²) in [5.74, 6) is 2.20. The van der Waals surface area contributed by atoms with Gasteiger partial charge in [0.05, 0.1) is 0 Å². The third-order valence-electron chi connectivity index (χ3n) is 6.81. The van der Waals surface area contributed by atoms with E-state index in [4.69, 9.17) is 0 Å². The number of carbonyl (C=O) groups is 2. The average Bonchev–Trinajstić information content (AvgIpc) is 3.62. The second kappa shape index (κ2) is 25.1. The summed E-state index contributed by atoms with van der Waals surface area (Å²) >= 11 is 6.44. The SMILES string of the molecule is CCCCCCCC(=O)Nc1nnc(SCCCCCCCCCCSc2nnc(NC(=O)CCCCCCC)s2)s1. The van der Waals surface area contributed by atoms with E-state index in [-0.39, 0.29) is 11.8 Å². The van der Waals surface area contributed by atoms with E-state index in [1.165, 1.54) is 113 Å². The molecule has 0 saturated heterocycles. The van der Waals surface area contributed by atoms with Crippen LogP contribution in [0, 0.1) is 0 Å². The summed E-state index contributed by atoms with van der Waals surface area (Å²) in [5.41, 5.74) is 0. The van der Waals surface area contributed by atoms with Crippen molar-refractivity contribution in [1.29, 1.82) is 0 Å². The van der Waals surface area contributed by atoms with Crippen LogP contribution in [-0.2, 0) is 9.59 Å². The van der Waals surface area contributed by atoms with Gasteiger partial charge in [-0.15, -0.1) is 20.4 Å². The largest absolute Gasteiger partial charge is 0.301 e. The number of anilines is 2. The molecule has 0 aliphatic carbocycles. The van der Waals surface area contributed by atoms with Crippen LogP contribution in [0.25, 0.3) is 0 Å². The average molecular weight is 657 g/mol. The van der Waals surface area contributed by atoms with Gasteiger partial charge in [0.15, 0.2) is 8.68 Å². The highest BCUT2D eigenvalue weighted by Gasteiger charge is 2.10. The van der Waals surface area contributed by atoms with Crippen molar-refractivity contribution in [3.8, 4) is 0 Å². The van der Waals surface area contributed by atoms with Gasteiger partial charge in [0.2, 0.25) is 22.1 Å². The Morgan fingerprint density at radius 1 is 0.524 bits per heavy atom. The molecule has 2 N–H and O–H groups in total. The number of hydrogen-bond acceptors (Lipinski definition) is 10. The molecule has 2 aromatic rings. The predicted molar refractivity (Wildman–Crippen MR) is 182 cm³/mol. The van der Waals surface area contributed by atoms with Gasteiger partial charge in [0.25, 0.3) is 0 Å². The van der Waals surface area contributed by atoms with Crippen molar-refractivity contribution in [2.45, 2.75) is 151 Å². The van der Waals surface area contributed by atoms with E-state index in [1.807, 2.05) is 0 Å². The summed E-state index contributed by atoms with van der Waals surface area (Å²) in [6.07, 6.45) is 22.6. The van der Waals surface area contributed by atoms with Crippen LogP contribution in [0.4, 0.5) is 10.3 Å². The lowest BCUT2D eigenvalue weighted by Crippen LogP contribution is -2.10. The molecule has 0 fully saturated rings. The van der Waals surface area contributed by atoms with E-state index in [1.54, 1.807) is 23.5 Å². The standard InChI is InChI=1S/C30H52N6O2S4/c1-3-5-7-13-17-21-25(37)31-27-33-35-29(41-27)39-23-19-15-11-9-10-12-16-20-24-40-30-36-34-28(42-30)32-26(38)22-18-14-8-6-4-2/h3-24H2,1-2H3,(H,31,33,37)(H,32,34,38). The zero-order valence-corrected chi connectivity index (χ0v) is 29.1. The van der Waals surface area contributed by atoms with Crippen molar-refractivity contribution in [2.75, 3.05) is 22.1 Å². The first-order valence-corrected chi connectivity index (χ1v) is 19.7. The van der Waals surface area contributed by atoms with E-state index in [0.29, 0.717) is 23.1 Å². The third kappa shape index (κ3) is 19.1. The molecule has 2 amide bonds. The van der Waals surface area contributed by atoms with Crippen molar-refractivity contribution < 1.29 is 9.59 Å². The summed E-state index contributed by atoms with van der Waals surface area (Å²) in [6, 6.07) is 0.